The van der Waals surface area contributed by atoms with Crippen LogP contribution in [0.5, 0.6) is 0 Å². The minimum Gasteiger partial charge on any atom is -0.385 e. The van der Waals surface area contributed by atoms with Crippen molar-refractivity contribution in [2.24, 2.45) is 11.8 Å². The first-order chi connectivity index (χ1) is 8.99. The van der Waals surface area contributed by atoms with Crippen molar-refractivity contribution in [1.82, 2.24) is 5.32 Å². The summed E-state index contributed by atoms with van der Waals surface area (Å²) in [6, 6.07) is 0.342. The third-order valence-corrected chi connectivity index (χ3v) is 4.13. The summed E-state index contributed by atoms with van der Waals surface area (Å²) in [5.74, 6) is -0.694. The summed E-state index contributed by atoms with van der Waals surface area (Å²) in [5, 5.41) is 3.43. The molecule has 0 aromatic heterocycles. The molecule has 1 atom stereocenters. The highest BCUT2D eigenvalue weighted by Crippen LogP contribution is 2.40. The molecule has 1 N–H and O–H groups in total. The number of alkyl halides is 3. The van der Waals surface area contributed by atoms with Crippen LogP contribution in [0.25, 0.3) is 0 Å². The standard InChI is InChI=1S/C14H26F3NO/c1-3-18-13(5-4-10-19-2)11-6-8-12(9-7-11)14(15,16)17/h11-13,18H,3-10H2,1-2H3. The van der Waals surface area contributed by atoms with Crippen molar-refractivity contribution in [3.8, 4) is 0 Å². The van der Waals surface area contributed by atoms with E-state index in [0.29, 0.717) is 37.6 Å². The number of methoxy groups -OCH3 is 1. The second-order valence-corrected chi connectivity index (χ2v) is 5.45. The fourth-order valence-corrected chi connectivity index (χ4v) is 3.06. The minimum atomic E-state index is -4.01. The molecule has 0 saturated heterocycles. The van der Waals surface area contributed by atoms with Gasteiger partial charge in [0.1, 0.15) is 0 Å². The van der Waals surface area contributed by atoms with Crippen LogP contribution in [0.2, 0.25) is 0 Å². The van der Waals surface area contributed by atoms with Gasteiger partial charge in [0.15, 0.2) is 0 Å². The van der Waals surface area contributed by atoms with Gasteiger partial charge >= 0.3 is 6.18 Å². The van der Waals surface area contributed by atoms with Gasteiger partial charge in [0.2, 0.25) is 0 Å². The van der Waals surface area contributed by atoms with Gasteiger partial charge in [-0.2, -0.15) is 13.2 Å². The van der Waals surface area contributed by atoms with Gasteiger partial charge in [0.25, 0.3) is 0 Å². The highest BCUT2D eigenvalue weighted by atomic mass is 19.4. The Morgan fingerprint density at radius 2 is 1.84 bits per heavy atom. The molecule has 0 spiro atoms. The van der Waals surface area contributed by atoms with Gasteiger partial charge in [0.05, 0.1) is 5.92 Å². The third kappa shape index (κ3) is 5.69. The predicted octanol–water partition coefficient (Wildman–Crippen LogP) is 3.76. The van der Waals surface area contributed by atoms with Crippen LogP contribution >= 0.6 is 0 Å². The first kappa shape index (κ1) is 16.8. The number of halogens is 3. The van der Waals surface area contributed by atoms with Crippen LogP contribution in [0.4, 0.5) is 13.2 Å². The summed E-state index contributed by atoms with van der Waals surface area (Å²) in [4.78, 5) is 0. The molecule has 19 heavy (non-hydrogen) atoms. The van der Waals surface area contributed by atoms with Crippen molar-refractivity contribution < 1.29 is 17.9 Å². The van der Waals surface area contributed by atoms with E-state index >= 15 is 0 Å². The second-order valence-electron chi connectivity index (χ2n) is 5.45. The average Bonchev–Trinajstić information content (AvgIpc) is 2.37. The van der Waals surface area contributed by atoms with Gasteiger partial charge in [-0.15, -0.1) is 0 Å². The molecule has 0 aromatic carbocycles. The normalized spacial score (nSPS) is 26.4. The molecule has 1 saturated carbocycles. The Balaban J connectivity index is 2.40. The number of nitrogens with one attached hydrogen (secondary N) is 1. The van der Waals surface area contributed by atoms with Crippen molar-refractivity contribution >= 4 is 0 Å². The van der Waals surface area contributed by atoms with Crippen molar-refractivity contribution in [3.63, 3.8) is 0 Å². The molecular formula is C14H26F3NO. The molecule has 0 radical (unpaired) electrons. The summed E-state index contributed by atoms with van der Waals surface area (Å²) >= 11 is 0. The van der Waals surface area contributed by atoms with Crippen LogP contribution < -0.4 is 5.32 Å². The topological polar surface area (TPSA) is 21.3 Å². The molecule has 1 aliphatic rings. The van der Waals surface area contributed by atoms with Crippen LogP contribution in [0.3, 0.4) is 0 Å². The van der Waals surface area contributed by atoms with E-state index in [4.69, 9.17) is 4.74 Å². The van der Waals surface area contributed by atoms with Crippen LogP contribution in [0, 0.1) is 11.8 Å². The maximum Gasteiger partial charge on any atom is 0.391 e. The van der Waals surface area contributed by atoms with E-state index < -0.39 is 12.1 Å². The number of rotatable bonds is 7. The molecule has 1 aliphatic carbocycles. The van der Waals surface area contributed by atoms with E-state index in [0.717, 1.165) is 26.0 Å². The Kier molecular flexibility index (Phi) is 7.15. The monoisotopic (exact) mass is 281 g/mol. The number of hydrogen-bond acceptors (Lipinski definition) is 2. The van der Waals surface area contributed by atoms with Crippen molar-refractivity contribution in [1.29, 1.82) is 0 Å². The van der Waals surface area contributed by atoms with Crippen LogP contribution in [-0.4, -0.2) is 32.5 Å². The SMILES string of the molecule is CCNC(CCCOC)C1CCC(C(F)(F)F)CC1. The summed E-state index contributed by atoms with van der Waals surface area (Å²) in [7, 11) is 1.68. The Morgan fingerprint density at radius 1 is 1.21 bits per heavy atom. The lowest BCUT2D eigenvalue weighted by Gasteiger charge is -2.35. The van der Waals surface area contributed by atoms with Crippen LogP contribution in [-0.2, 0) is 4.74 Å². The quantitative estimate of drug-likeness (QED) is 0.717. The molecule has 0 heterocycles. The minimum absolute atomic E-state index is 0.292. The van der Waals surface area contributed by atoms with E-state index in [1.165, 1.54) is 0 Å². The van der Waals surface area contributed by atoms with Crippen LogP contribution in [0.15, 0.2) is 0 Å². The van der Waals surface area contributed by atoms with E-state index in [1.807, 2.05) is 6.92 Å². The van der Waals surface area contributed by atoms with E-state index in [-0.39, 0.29) is 0 Å². The summed E-state index contributed by atoms with van der Waals surface area (Å²) in [5.41, 5.74) is 0. The molecule has 2 nitrogen and oxygen atoms in total. The first-order valence-electron chi connectivity index (χ1n) is 7.28. The highest BCUT2D eigenvalue weighted by molar-refractivity contribution is 4.84. The number of hydrogen-bond donors (Lipinski definition) is 1. The lowest BCUT2D eigenvalue weighted by Crippen LogP contribution is -2.39. The zero-order valence-corrected chi connectivity index (χ0v) is 11.9. The summed E-state index contributed by atoms with van der Waals surface area (Å²) in [6.45, 7) is 3.64. The lowest BCUT2D eigenvalue weighted by atomic mass is 9.77. The molecule has 0 aromatic rings. The summed E-state index contributed by atoms with van der Waals surface area (Å²) in [6.07, 6.45) is -0.0879. The fourth-order valence-electron chi connectivity index (χ4n) is 3.06. The van der Waals surface area contributed by atoms with E-state index in [2.05, 4.69) is 5.32 Å². The largest absolute Gasteiger partial charge is 0.391 e. The summed E-state index contributed by atoms with van der Waals surface area (Å²) < 4.78 is 42.9. The Morgan fingerprint density at radius 3 is 2.32 bits per heavy atom. The molecule has 0 amide bonds. The molecule has 0 bridgehead atoms. The van der Waals surface area contributed by atoms with E-state index in [9.17, 15) is 13.2 Å². The fraction of sp³-hybridized carbons (Fsp3) is 1.00. The molecular weight excluding hydrogens is 255 g/mol. The zero-order chi connectivity index (χ0) is 14.3. The Hall–Kier alpha value is -0.290. The zero-order valence-electron chi connectivity index (χ0n) is 11.9. The Bertz CT molecular complexity index is 237. The number of ether oxygens (including phenoxy) is 1. The molecule has 1 rings (SSSR count). The Labute approximate surface area is 114 Å². The molecule has 1 fully saturated rings. The molecule has 0 aliphatic heterocycles. The van der Waals surface area contributed by atoms with Gasteiger partial charge in [-0.3, -0.25) is 0 Å². The maximum absolute atomic E-state index is 12.6. The predicted molar refractivity (Wildman–Crippen MR) is 70.1 cm³/mol. The first-order valence-corrected chi connectivity index (χ1v) is 7.28. The lowest BCUT2D eigenvalue weighted by molar-refractivity contribution is -0.184. The van der Waals surface area contributed by atoms with Crippen molar-refractivity contribution in [2.75, 3.05) is 20.3 Å². The van der Waals surface area contributed by atoms with Crippen molar-refractivity contribution in [3.05, 3.63) is 0 Å². The van der Waals surface area contributed by atoms with Gasteiger partial charge < -0.3 is 10.1 Å². The van der Waals surface area contributed by atoms with E-state index in [1.54, 1.807) is 7.11 Å². The molecule has 5 heteroatoms. The molecule has 1 unspecified atom stereocenters. The van der Waals surface area contributed by atoms with Gasteiger partial charge in [0, 0.05) is 19.8 Å². The average molecular weight is 281 g/mol. The van der Waals surface area contributed by atoms with Gasteiger partial charge in [-0.25, -0.2) is 0 Å². The maximum atomic E-state index is 12.6. The second kappa shape index (κ2) is 8.10. The van der Waals surface area contributed by atoms with Crippen LogP contribution in [0.1, 0.15) is 45.4 Å². The smallest absolute Gasteiger partial charge is 0.385 e. The third-order valence-electron chi connectivity index (χ3n) is 4.13. The highest BCUT2D eigenvalue weighted by Gasteiger charge is 2.42. The van der Waals surface area contributed by atoms with Gasteiger partial charge in [-0.05, 0) is 51.0 Å². The van der Waals surface area contributed by atoms with Gasteiger partial charge in [-0.1, -0.05) is 6.92 Å². The van der Waals surface area contributed by atoms with Crippen molar-refractivity contribution in [2.45, 2.75) is 57.7 Å². The molecule has 114 valence electrons.